The second kappa shape index (κ2) is 8.46. The topological polar surface area (TPSA) is 73.0 Å². The minimum absolute atomic E-state index is 0.0119. The molecule has 1 aromatic carbocycles. The minimum atomic E-state index is -0.332. The van der Waals surface area contributed by atoms with Crippen LogP contribution in [0.5, 0.6) is 0 Å². The van der Waals surface area contributed by atoms with E-state index in [1.807, 2.05) is 17.1 Å². The smallest absolute Gasteiger partial charge is 0.254 e. The number of nitrogens with one attached hydrogen (secondary N) is 1. The molecule has 3 unspecified atom stereocenters. The summed E-state index contributed by atoms with van der Waals surface area (Å²) in [5, 5.41) is 1.34. The van der Waals surface area contributed by atoms with Gasteiger partial charge in [-0.1, -0.05) is 18.2 Å². The monoisotopic (exact) mass is 422 g/mol. The first-order valence-corrected chi connectivity index (χ1v) is 11.5. The van der Waals surface area contributed by atoms with Crippen molar-refractivity contribution >= 4 is 23.4 Å². The maximum Gasteiger partial charge on any atom is 0.254 e. The van der Waals surface area contributed by atoms with Crippen LogP contribution in [0.2, 0.25) is 0 Å². The highest BCUT2D eigenvalue weighted by Gasteiger charge is 2.42. The molecule has 1 N–H and O–H groups in total. The quantitative estimate of drug-likeness (QED) is 0.756. The van der Waals surface area contributed by atoms with Crippen LogP contribution in [0.4, 0.5) is 5.69 Å². The van der Waals surface area contributed by atoms with Crippen LogP contribution in [0.15, 0.2) is 36.4 Å². The van der Waals surface area contributed by atoms with E-state index in [2.05, 4.69) is 10.3 Å². The van der Waals surface area contributed by atoms with Crippen molar-refractivity contribution < 1.29 is 14.4 Å². The molecule has 3 fully saturated rings. The summed E-state index contributed by atoms with van der Waals surface area (Å²) >= 11 is 0. The van der Waals surface area contributed by atoms with Crippen LogP contribution in [-0.2, 0) is 9.59 Å². The van der Waals surface area contributed by atoms with E-state index < -0.39 is 0 Å². The molecule has 0 aromatic heterocycles. The Morgan fingerprint density at radius 3 is 2.58 bits per heavy atom. The molecule has 7 nitrogen and oxygen atoms in total. The first kappa shape index (κ1) is 20.2. The molecule has 3 aliphatic heterocycles. The summed E-state index contributed by atoms with van der Waals surface area (Å²) in [6, 6.07) is 7.37. The van der Waals surface area contributed by atoms with Gasteiger partial charge in [0.15, 0.2) is 0 Å². The van der Waals surface area contributed by atoms with Gasteiger partial charge in [-0.05, 0) is 69.8 Å². The van der Waals surface area contributed by atoms with E-state index in [-0.39, 0.29) is 35.6 Å². The Morgan fingerprint density at radius 2 is 1.77 bits per heavy atom. The van der Waals surface area contributed by atoms with Crippen molar-refractivity contribution in [3.8, 4) is 0 Å². The number of nitrogens with zero attached hydrogens (tertiary/aromatic N) is 3. The van der Waals surface area contributed by atoms with Gasteiger partial charge in [0.05, 0.1) is 17.5 Å². The number of carbonyl (C=O) groups is 3. The Balaban J connectivity index is 1.34. The number of amides is 3. The number of fused-ring (bicyclic) bond motifs is 1. The summed E-state index contributed by atoms with van der Waals surface area (Å²) in [6.07, 6.45) is 9.69. The van der Waals surface area contributed by atoms with Crippen molar-refractivity contribution in [1.82, 2.24) is 15.2 Å². The SMILES string of the molecule is O=C1NN(c2cccc(C(=O)N3CCCC3CN3CCCC3)c2)C(=O)C2CC=CCC12. The molecule has 1 aromatic rings. The number of benzene rings is 1. The lowest BCUT2D eigenvalue weighted by Crippen LogP contribution is -2.59. The van der Waals surface area contributed by atoms with E-state index in [0.717, 1.165) is 39.0 Å². The first-order chi connectivity index (χ1) is 15.1. The second-order valence-electron chi connectivity index (χ2n) is 9.16. The van der Waals surface area contributed by atoms with E-state index in [4.69, 9.17) is 0 Å². The van der Waals surface area contributed by atoms with Gasteiger partial charge >= 0.3 is 0 Å². The fraction of sp³-hybridized carbons (Fsp3) is 0.542. The van der Waals surface area contributed by atoms with Crippen molar-refractivity contribution in [1.29, 1.82) is 0 Å². The Hall–Kier alpha value is -2.67. The predicted molar refractivity (Wildman–Crippen MR) is 117 cm³/mol. The van der Waals surface area contributed by atoms with Gasteiger partial charge in [-0.3, -0.25) is 19.8 Å². The third-order valence-corrected chi connectivity index (χ3v) is 7.19. The van der Waals surface area contributed by atoms with E-state index in [1.54, 1.807) is 24.3 Å². The molecule has 1 aliphatic carbocycles. The maximum atomic E-state index is 13.3. The van der Waals surface area contributed by atoms with E-state index >= 15 is 0 Å². The largest absolute Gasteiger partial charge is 0.334 e. The number of allylic oxidation sites excluding steroid dienone is 2. The van der Waals surface area contributed by atoms with Crippen molar-refractivity contribution in [3.63, 3.8) is 0 Å². The van der Waals surface area contributed by atoms with Gasteiger partial charge in [0.1, 0.15) is 0 Å². The highest BCUT2D eigenvalue weighted by Crippen LogP contribution is 2.33. The predicted octanol–water partition coefficient (Wildman–Crippen LogP) is 2.35. The van der Waals surface area contributed by atoms with Crippen LogP contribution in [0.1, 0.15) is 48.9 Å². The number of hydrazine groups is 1. The van der Waals surface area contributed by atoms with E-state index in [0.29, 0.717) is 24.1 Å². The summed E-state index contributed by atoms with van der Waals surface area (Å²) in [6.45, 7) is 3.98. The molecular formula is C24H30N4O3. The lowest BCUT2D eigenvalue weighted by atomic mass is 9.80. The van der Waals surface area contributed by atoms with Gasteiger partial charge in [-0.25, -0.2) is 5.01 Å². The summed E-state index contributed by atoms with van der Waals surface area (Å²) < 4.78 is 0. The summed E-state index contributed by atoms with van der Waals surface area (Å²) in [7, 11) is 0. The fourth-order valence-corrected chi connectivity index (χ4v) is 5.48. The molecule has 0 saturated carbocycles. The molecule has 5 rings (SSSR count). The molecule has 0 bridgehead atoms. The third kappa shape index (κ3) is 3.87. The average molecular weight is 423 g/mol. The van der Waals surface area contributed by atoms with Crippen LogP contribution in [0.25, 0.3) is 0 Å². The lowest BCUT2D eigenvalue weighted by Gasteiger charge is -2.38. The zero-order valence-electron chi connectivity index (χ0n) is 17.8. The Morgan fingerprint density at radius 1 is 1.00 bits per heavy atom. The van der Waals surface area contributed by atoms with Gasteiger partial charge in [0.25, 0.3) is 5.91 Å². The third-order valence-electron chi connectivity index (χ3n) is 7.19. The number of rotatable bonds is 4. The zero-order valence-corrected chi connectivity index (χ0v) is 17.8. The summed E-state index contributed by atoms with van der Waals surface area (Å²) in [5.41, 5.74) is 3.87. The van der Waals surface area contributed by atoms with Crippen molar-refractivity contribution in [2.45, 2.75) is 44.6 Å². The van der Waals surface area contributed by atoms with Gasteiger partial charge in [-0.2, -0.15) is 0 Å². The second-order valence-corrected chi connectivity index (χ2v) is 9.16. The minimum Gasteiger partial charge on any atom is -0.334 e. The van der Waals surface area contributed by atoms with Gasteiger partial charge in [0.2, 0.25) is 11.8 Å². The highest BCUT2D eigenvalue weighted by atomic mass is 16.2. The van der Waals surface area contributed by atoms with Gasteiger partial charge < -0.3 is 9.80 Å². The molecule has 164 valence electrons. The van der Waals surface area contributed by atoms with Crippen molar-refractivity contribution in [3.05, 3.63) is 42.0 Å². The molecule has 3 heterocycles. The summed E-state index contributed by atoms with van der Waals surface area (Å²) in [5.74, 6) is -0.851. The van der Waals surface area contributed by atoms with Crippen LogP contribution in [0, 0.1) is 11.8 Å². The molecule has 0 radical (unpaired) electrons. The van der Waals surface area contributed by atoms with Gasteiger partial charge in [0, 0.05) is 24.7 Å². The number of carbonyl (C=O) groups excluding carboxylic acids is 3. The first-order valence-electron chi connectivity index (χ1n) is 11.5. The molecule has 7 heteroatoms. The fourth-order valence-electron chi connectivity index (χ4n) is 5.48. The molecule has 3 atom stereocenters. The van der Waals surface area contributed by atoms with E-state index in [9.17, 15) is 14.4 Å². The van der Waals surface area contributed by atoms with Crippen LogP contribution in [-0.4, -0.2) is 59.7 Å². The van der Waals surface area contributed by atoms with Crippen LogP contribution < -0.4 is 10.4 Å². The maximum absolute atomic E-state index is 13.3. The Kier molecular flexibility index (Phi) is 5.52. The number of hydrogen-bond donors (Lipinski definition) is 1. The van der Waals surface area contributed by atoms with E-state index in [1.165, 1.54) is 17.9 Å². The molecule has 4 aliphatic rings. The Labute approximate surface area is 183 Å². The number of anilines is 1. The molecular weight excluding hydrogens is 392 g/mol. The molecule has 31 heavy (non-hydrogen) atoms. The Bertz CT molecular complexity index is 908. The molecule has 0 spiro atoms. The summed E-state index contributed by atoms with van der Waals surface area (Å²) in [4.78, 5) is 43.4. The molecule has 3 amide bonds. The zero-order chi connectivity index (χ0) is 21.4. The average Bonchev–Trinajstić information content (AvgIpc) is 3.48. The molecule has 3 saturated heterocycles. The number of hydrogen-bond acceptors (Lipinski definition) is 4. The normalized spacial score (nSPS) is 28.7. The van der Waals surface area contributed by atoms with Crippen molar-refractivity contribution in [2.24, 2.45) is 11.8 Å². The van der Waals surface area contributed by atoms with Crippen LogP contribution >= 0.6 is 0 Å². The highest BCUT2D eigenvalue weighted by molar-refractivity contribution is 6.05. The van der Waals surface area contributed by atoms with Gasteiger partial charge in [-0.15, -0.1) is 0 Å². The van der Waals surface area contributed by atoms with Crippen LogP contribution in [0.3, 0.4) is 0 Å². The number of likely N-dealkylation sites (tertiary alicyclic amines) is 2. The standard InChI is InChI=1S/C24H30N4O3/c29-22-20-10-1-2-11-21(20)24(31)28(25-22)18-8-5-7-17(15-18)23(30)27-14-6-9-19(27)16-26-12-3-4-13-26/h1-2,5,7-8,15,19-21H,3-4,6,9-14,16H2,(H,25,29). The van der Waals surface area contributed by atoms with Crippen molar-refractivity contribution in [2.75, 3.05) is 31.2 Å². The lowest BCUT2D eigenvalue weighted by molar-refractivity contribution is -0.139.